The van der Waals surface area contributed by atoms with Crippen LogP contribution in [0.3, 0.4) is 0 Å². The molecule has 1 rings (SSSR count). The monoisotopic (exact) mass is 355 g/mol. The molecule has 24 heavy (non-hydrogen) atoms. The van der Waals surface area contributed by atoms with Gasteiger partial charge >= 0.3 is 17.2 Å². The van der Waals surface area contributed by atoms with E-state index in [2.05, 4.69) is 14.8 Å². The summed E-state index contributed by atoms with van der Waals surface area (Å²) < 4.78 is 14.2. The first-order chi connectivity index (χ1) is 11.4. The topological polar surface area (TPSA) is 108 Å². The second-order valence-electron chi connectivity index (χ2n) is 4.43. The number of ether oxygens (including phenoxy) is 3. The summed E-state index contributed by atoms with van der Waals surface area (Å²) in [7, 11) is 2.39. The largest absolute Gasteiger partial charge is 0.467 e. The van der Waals surface area contributed by atoms with Crippen LogP contribution >= 0.6 is 11.8 Å². The second kappa shape index (κ2) is 9.56. The van der Waals surface area contributed by atoms with Gasteiger partial charge in [0.1, 0.15) is 17.4 Å². The second-order valence-corrected chi connectivity index (χ2v) is 5.38. The molecule has 0 aromatic heterocycles. The van der Waals surface area contributed by atoms with E-state index in [4.69, 9.17) is 4.74 Å². The van der Waals surface area contributed by atoms with Crippen LogP contribution in [0.4, 0.5) is 4.79 Å². The van der Waals surface area contributed by atoms with Crippen molar-refractivity contribution < 1.29 is 33.4 Å². The Morgan fingerprint density at radius 3 is 2.38 bits per heavy atom. The number of para-hydroxylation sites is 1. The van der Waals surface area contributed by atoms with Crippen molar-refractivity contribution in [1.29, 1.82) is 0 Å². The predicted molar refractivity (Wildman–Crippen MR) is 85.9 cm³/mol. The third-order valence-corrected chi connectivity index (χ3v) is 3.54. The lowest BCUT2D eigenvalue weighted by molar-refractivity contribution is -0.144. The normalized spacial score (nSPS) is 11.1. The van der Waals surface area contributed by atoms with E-state index >= 15 is 0 Å². The van der Waals surface area contributed by atoms with Gasteiger partial charge in [0.15, 0.2) is 0 Å². The van der Waals surface area contributed by atoms with Crippen molar-refractivity contribution in [2.24, 2.45) is 0 Å². The summed E-state index contributed by atoms with van der Waals surface area (Å²) in [5.41, 5.74) is 0.0975. The Morgan fingerprint density at radius 2 is 1.79 bits per heavy atom. The minimum atomic E-state index is -0.985. The Kier molecular flexibility index (Phi) is 7.76. The van der Waals surface area contributed by atoms with Crippen molar-refractivity contribution in [2.75, 3.05) is 20.0 Å². The van der Waals surface area contributed by atoms with Gasteiger partial charge in [-0.2, -0.15) is 0 Å². The minimum absolute atomic E-state index is 0.0380. The molecule has 1 atom stereocenters. The van der Waals surface area contributed by atoms with Gasteiger partial charge in [0, 0.05) is 12.7 Å². The predicted octanol–water partition coefficient (Wildman–Crippen LogP) is 1.38. The fourth-order valence-electron chi connectivity index (χ4n) is 1.66. The number of thioether (sulfide) groups is 1. The van der Waals surface area contributed by atoms with Crippen LogP contribution in [0, 0.1) is 0 Å². The molecule has 0 aliphatic heterocycles. The van der Waals surface area contributed by atoms with E-state index < -0.39 is 29.2 Å². The zero-order valence-electron chi connectivity index (χ0n) is 13.4. The van der Waals surface area contributed by atoms with Gasteiger partial charge in [-0.15, -0.1) is 0 Å². The molecule has 0 saturated heterocycles. The van der Waals surface area contributed by atoms with Gasteiger partial charge in [-0.25, -0.2) is 14.4 Å². The Morgan fingerprint density at radius 1 is 1.12 bits per heavy atom. The number of hydrogen-bond acceptors (Lipinski definition) is 8. The molecule has 9 heteroatoms. The van der Waals surface area contributed by atoms with Gasteiger partial charge in [0.05, 0.1) is 14.2 Å². The van der Waals surface area contributed by atoms with E-state index in [9.17, 15) is 19.2 Å². The molecule has 0 heterocycles. The zero-order valence-corrected chi connectivity index (χ0v) is 14.2. The SMILES string of the molecule is COC(=O)c1ccccc1OC(=O)SC[C@@H](NC(C)=O)C(=O)OC. The first-order valence-corrected chi connectivity index (χ1v) is 7.74. The highest BCUT2D eigenvalue weighted by molar-refractivity contribution is 8.13. The Labute approximate surface area is 142 Å². The van der Waals surface area contributed by atoms with E-state index in [1.54, 1.807) is 12.1 Å². The summed E-state index contributed by atoms with van der Waals surface area (Å²) in [4.78, 5) is 46.1. The van der Waals surface area contributed by atoms with E-state index in [0.717, 1.165) is 0 Å². The number of hydrogen-bond donors (Lipinski definition) is 1. The fraction of sp³-hybridized carbons (Fsp3) is 0.333. The van der Waals surface area contributed by atoms with E-state index in [0.29, 0.717) is 11.8 Å². The molecule has 0 radical (unpaired) electrons. The molecule has 8 nitrogen and oxygen atoms in total. The van der Waals surface area contributed by atoms with Crippen molar-refractivity contribution in [3.05, 3.63) is 29.8 Å². The molecule has 1 N–H and O–H groups in total. The number of benzene rings is 1. The van der Waals surface area contributed by atoms with Crippen LogP contribution in [0.1, 0.15) is 17.3 Å². The molecule has 0 fully saturated rings. The summed E-state index contributed by atoms with van der Waals surface area (Å²) >= 11 is 0.664. The molecule has 1 aromatic rings. The summed E-state index contributed by atoms with van der Waals surface area (Å²) in [5.74, 6) is -1.80. The smallest absolute Gasteiger partial charge is 0.372 e. The Balaban J connectivity index is 2.71. The van der Waals surface area contributed by atoms with Crippen LogP contribution in [-0.2, 0) is 19.1 Å². The standard InChI is InChI=1S/C15H17NO7S/c1-9(17)16-11(14(19)22-3)8-24-15(20)23-12-7-5-4-6-10(12)13(18)21-2/h4-7,11H,8H2,1-3H3,(H,16,17)/t11-/m1/s1. The maximum absolute atomic E-state index is 11.9. The molecule has 0 unspecified atom stereocenters. The maximum Gasteiger partial charge on any atom is 0.372 e. The van der Waals surface area contributed by atoms with Crippen molar-refractivity contribution in [2.45, 2.75) is 13.0 Å². The lowest BCUT2D eigenvalue weighted by Crippen LogP contribution is -2.42. The molecule has 0 saturated carbocycles. The summed E-state index contributed by atoms with van der Waals surface area (Å²) in [6, 6.07) is 5.10. The van der Waals surface area contributed by atoms with E-state index in [1.807, 2.05) is 0 Å². The summed E-state index contributed by atoms with van der Waals surface area (Å²) in [6.45, 7) is 1.24. The van der Waals surface area contributed by atoms with Crippen molar-refractivity contribution in [3.63, 3.8) is 0 Å². The number of methoxy groups -OCH3 is 2. The minimum Gasteiger partial charge on any atom is -0.467 e. The Bertz CT molecular complexity index is 632. The number of carbonyl (C=O) groups is 4. The van der Waals surface area contributed by atoms with E-state index in [-0.39, 0.29) is 17.1 Å². The number of nitrogens with one attached hydrogen (secondary N) is 1. The summed E-state index contributed by atoms with van der Waals surface area (Å²) in [5, 5.41) is 1.63. The van der Waals surface area contributed by atoms with Crippen molar-refractivity contribution in [3.8, 4) is 5.75 Å². The average Bonchev–Trinajstić information content (AvgIpc) is 2.57. The van der Waals surface area contributed by atoms with Crippen molar-refractivity contribution in [1.82, 2.24) is 5.32 Å². The zero-order chi connectivity index (χ0) is 18.1. The third-order valence-electron chi connectivity index (χ3n) is 2.72. The van der Waals surface area contributed by atoms with Crippen LogP contribution in [0.5, 0.6) is 5.75 Å². The molecular formula is C15H17NO7S. The molecular weight excluding hydrogens is 338 g/mol. The fourth-order valence-corrected chi connectivity index (χ4v) is 2.33. The Hall–Kier alpha value is -2.55. The molecule has 0 spiro atoms. The molecule has 0 aliphatic rings. The third kappa shape index (κ3) is 5.92. The quantitative estimate of drug-likeness (QED) is 0.763. The van der Waals surface area contributed by atoms with Crippen LogP contribution in [-0.4, -0.2) is 49.2 Å². The van der Waals surface area contributed by atoms with Crippen LogP contribution in [0.25, 0.3) is 0 Å². The van der Waals surface area contributed by atoms with E-state index in [1.165, 1.54) is 33.3 Å². The van der Waals surface area contributed by atoms with Gasteiger partial charge in [-0.05, 0) is 23.9 Å². The molecule has 1 aromatic carbocycles. The lowest BCUT2D eigenvalue weighted by atomic mass is 10.2. The maximum atomic E-state index is 11.9. The van der Waals surface area contributed by atoms with Crippen LogP contribution in [0.2, 0.25) is 0 Å². The number of esters is 2. The van der Waals surface area contributed by atoms with Gasteiger partial charge in [-0.3, -0.25) is 4.79 Å². The first kappa shape index (κ1) is 19.5. The van der Waals surface area contributed by atoms with Crippen LogP contribution in [0.15, 0.2) is 24.3 Å². The molecule has 0 bridgehead atoms. The highest BCUT2D eigenvalue weighted by Crippen LogP contribution is 2.21. The first-order valence-electron chi connectivity index (χ1n) is 6.76. The lowest BCUT2D eigenvalue weighted by Gasteiger charge is -2.14. The molecule has 130 valence electrons. The molecule has 1 amide bonds. The summed E-state index contributed by atoms with van der Waals surface area (Å²) in [6.07, 6.45) is 0. The number of rotatable bonds is 6. The number of carbonyl (C=O) groups excluding carboxylic acids is 4. The highest BCUT2D eigenvalue weighted by atomic mass is 32.2. The van der Waals surface area contributed by atoms with Gasteiger partial charge in [0.2, 0.25) is 5.91 Å². The average molecular weight is 355 g/mol. The van der Waals surface area contributed by atoms with Crippen molar-refractivity contribution >= 4 is 34.9 Å². The number of amides is 1. The van der Waals surface area contributed by atoms with Crippen LogP contribution < -0.4 is 10.1 Å². The van der Waals surface area contributed by atoms with Gasteiger partial charge in [0.25, 0.3) is 0 Å². The van der Waals surface area contributed by atoms with Gasteiger partial charge < -0.3 is 19.5 Å². The van der Waals surface area contributed by atoms with Gasteiger partial charge in [-0.1, -0.05) is 12.1 Å². The highest BCUT2D eigenvalue weighted by Gasteiger charge is 2.23. The molecule has 0 aliphatic carbocycles.